The molecule has 148 valence electrons. The third-order valence-corrected chi connectivity index (χ3v) is 5.18. The van der Waals surface area contributed by atoms with Gasteiger partial charge in [0, 0.05) is 42.7 Å². The molecule has 0 aliphatic carbocycles. The van der Waals surface area contributed by atoms with Crippen LogP contribution in [0.25, 0.3) is 0 Å². The van der Waals surface area contributed by atoms with E-state index in [0.717, 1.165) is 40.4 Å². The first-order valence-electron chi connectivity index (χ1n) is 9.68. The molecule has 2 heterocycles. The zero-order valence-corrected chi connectivity index (χ0v) is 17.7. The van der Waals surface area contributed by atoms with Crippen LogP contribution in [-0.4, -0.2) is 37.4 Å². The highest BCUT2D eigenvalue weighted by Gasteiger charge is 2.17. The lowest BCUT2D eigenvalue weighted by molar-refractivity contribution is 0.0784. The molecule has 0 fully saturated rings. The Hall–Kier alpha value is -2.89. The summed E-state index contributed by atoms with van der Waals surface area (Å²) in [6.07, 6.45) is 0. The molecule has 0 saturated carbocycles. The van der Waals surface area contributed by atoms with Gasteiger partial charge in [-0.15, -0.1) is 0 Å². The van der Waals surface area contributed by atoms with E-state index in [1.165, 1.54) is 0 Å². The average molecular weight is 380 g/mol. The third kappa shape index (κ3) is 4.01. The van der Waals surface area contributed by atoms with Crippen molar-refractivity contribution in [2.24, 2.45) is 0 Å². The van der Waals surface area contributed by atoms with E-state index >= 15 is 0 Å². The van der Waals surface area contributed by atoms with Crippen LogP contribution in [0.1, 0.15) is 51.2 Å². The van der Waals surface area contributed by atoms with Gasteiger partial charge in [-0.3, -0.25) is 14.2 Å². The Morgan fingerprint density at radius 1 is 1.07 bits per heavy atom. The van der Waals surface area contributed by atoms with E-state index in [9.17, 15) is 4.79 Å². The fraction of sp³-hybridized carbons (Fsp3) is 0.409. The summed E-state index contributed by atoms with van der Waals surface area (Å²) in [7, 11) is 1.85. The first kappa shape index (κ1) is 19.9. The van der Waals surface area contributed by atoms with Gasteiger partial charge >= 0.3 is 0 Å². The zero-order valence-electron chi connectivity index (χ0n) is 17.7. The number of hydrogen-bond donors (Lipinski definition) is 0. The summed E-state index contributed by atoms with van der Waals surface area (Å²) in [6, 6.07) is 9.87. The second-order valence-corrected chi connectivity index (χ2v) is 7.41. The van der Waals surface area contributed by atoms with Gasteiger partial charge in [0.05, 0.1) is 17.9 Å². The van der Waals surface area contributed by atoms with Gasteiger partial charge in [-0.05, 0) is 58.4 Å². The third-order valence-electron chi connectivity index (χ3n) is 5.18. The lowest BCUT2D eigenvalue weighted by Gasteiger charge is -2.18. The summed E-state index contributed by atoms with van der Waals surface area (Å²) in [5.41, 5.74) is 7.11. The van der Waals surface area contributed by atoms with E-state index in [-0.39, 0.29) is 5.91 Å². The smallest absolute Gasteiger partial charge is 0.253 e. The fourth-order valence-electron chi connectivity index (χ4n) is 3.61. The molecule has 0 saturated heterocycles. The van der Waals surface area contributed by atoms with Gasteiger partial charge in [0.15, 0.2) is 0 Å². The van der Waals surface area contributed by atoms with Crippen LogP contribution in [0.2, 0.25) is 0 Å². The summed E-state index contributed by atoms with van der Waals surface area (Å²) >= 11 is 0. The van der Waals surface area contributed by atoms with Crippen LogP contribution in [0.5, 0.6) is 0 Å². The molecule has 6 heteroatoms. The summed E-state index contributed by atoms with van der Waals surface area (Å²) in [6.45, 7) is 12.2. The van der Waals surface area contributed by atoms with E-state index in [4.69, 9.17) is 0 Å². The summed E-state index contributed by atoms with van der Waals surface area (Å²) in [5.74, 6) is 0.0123. The lowest BCUT2D eigenvalue weighted by atomic mass is 10.1. The van der Waals surface area contributed by atoms with Crippen LogP contribution in [0.3, 0.4) is 0 Å². The normalized spacial score (nSPS) is 11.1. The molecule has 3 rings (SSSR count). The number of hydrogen-bond acceptors (Lipinski definition) is 3. The highest BCUT2D eigenvalue weighted by molar-refractivity contribution is 5.94. The molecule has 0 N–H and O–H groups in total. The number of nitrogens with zero attached hydrogens (tertiary/aromatic N) is 5. The molecule has 0 atom stereocenters. The van der Waals surface area contributed by atoms with Gasteiger partial charge in [0.1, 0.15) is 0 Å². The molecule has 0 aliphatic heterocycles. The Morgan fingerprint density at radius 3 is 2.43 bits per heavy atom. The van der Waals surface area contributed by atoms with E-state index in [0.29, 0.717) is 18.7 Å². The molecule has 0 spiro atoms. The van der Waals surface area contributed by atoms with Crippen LogP contribution < -0.4 is 0 Å². The Labute approximate surface area is 166 Å². The molecule has 6 nitrogen and oxygen atoms in total. The summed E-state index contributed by atoms with van der Waals surface area (Å²) in [5, 5.41) is 9.07. The minimum atomic E-state index is 0.0123. The molecule has 0 radical (unpaired) electrons. The molecule has 1 aromatic carbocycles. The first-order valence-corrected chi connectivity index (χ1v) is 9.68. The molecule has 1 amide bonds. The van der Waals surface area contributed by atoms with E-state index in [1.54, 1.807) is 4.90 Å². The van der Waals surface area contributed by atoms with Crippen molar-refractivity contribution in [3.05, 3.63) is 69.8 Å². The van der Waals surface area contributed by atoms with Crippen molar-refractivity contribution in [3.63, 3.8) is 0 Å². The average Bonchev–Trinajstić information content (AvgIpc) is 3.13. The van der Waals surface area contributed by atoms with Gasteiger partial charge in [0.2, 0.25) is 0 Å². The maximum absolute atomic E-state index is 13.0. The Balaban J connectivity index is 1.77. The number of aryl methyl sites for hydroxylation is 4. The molecule has 0 aliphatic rings. The number of carbonyl (C=O) groups is 1. The Bertz CT molecular complexity index is 999. The minimum absolute atomic E-state index is 0.0123. The number of amides is 1. The van der Waals surface area contributed by atoms with Crippen molar-refractivity contribution >= 4 is 5.91 Å². The molecule has 28 heavy (non-hydrogen) atoms. The minimum Gasteiger partial charge on any atom is -0.337 e. The fourth-order valence-corrected chi connectivity index (χ4v) is 3.61. The first-order chi connectivity index (χ1) is 13.3. The van der Waals surface area contributed by atoms with Gasteiger partial charge in [-0.2, -0.15) is 10.2 Å². The molecule has 0 unspecified atom stereocenters. The number of carbonyl (C=O) groups excluding carboxylic acids is 1. The topological polar surface area (TPSA) is 56.0 Å². The number of aromatic nitrogens is 4. The molecule has 2 aromatic heterocycles. The van der Waals surface area contributed by atoms with Gasteiger partial charge < -0.3 is 4.90 Å². The van der Waals surface area contributed by atoms with Gasteiger partial charge in [-0.1, -0.05) is 12.1 Å². The molecule has 3 aromatic rings. The molecule has 0 bridgehead atoms. The molecular weight excluding hydrogens is 350 g/mol. The van der Waals surface area contributed by atoms with Crippen molar-refractivity contribution < 1.29 is 4.79 Å². The van der Waals surface area contributed by atoms with Gasteiger partial charge in [0.25, 0.3) is 5.91 Å². The van der Waals surface area contributed by atoms with Crippen LogP contribution >= 0.6 is 0 Å². The van der Waals surface area contributed by atoms with Crippen molar-refractivity contribution in [1.29, 1.82) is 0 Å². The quantitative estimate of drug-likeness (QED) is 0.657. The SMILES string of the molecule is CCn1nc(C)c(CN(C)C(=O)c2cccc(Cn3nc(C)cc3C)c2)c1C. The van der Waals surface area contributed by atoms with Crippen LogP contribution in [0.15, 0.2) is 30.3 Å². The second-order valence-electron chi connectivity index (χ2n) is 7.41. The second kappa shape index (κ2) is 8.00. The van der Waals surface area contributed by atoms with Crippen molar-refractivity contribution in [3.8, 4) is 0 Å². The van der Waals surface area contributed by atoms with E-state index in [2.05, 4.69) is 30.1 Å². The lowest BCUT2D eigenvalue weighted by Crippen LogP contribution is -2.27. The van der Waals surface area contributed by atoms with E-state index in [1.807, 2.05) is 61.4 Å². The van der Waals surface area contributed by atoms with Crippen LogP contribution in [-0.2, 0) is 19.6 Å². The Morgan fingerprint density at radius 2 is 1.82 bits per heavy atom. The highest BCUT2D eigenvalue weighted by Crippen LogP contribution is 2.17. The molecular formula is C22H29N5O. The Kier molecular flexibility index (Phi) is 5.68. The zero-order chi connectivity index (χ0) is 20.4. The maximum Gasteiger partial charge on any atom is 0.253 e. The standard InChI is InChI=1S/C22H29N5O/c1-7-26-18(5)21(17(4)24-26)14-25(6)22(28)20-10-8-9-19(12-20)13-27-16(3)11-15(2)23-27/h8-12H,7,13-14H2,1-6H3. The predicted octanol–water partition coefficient (Wildman–Crippen LogP) is 3.65. The van der Waals surface area contributed by atoms with Crippen LogP contribution in [0.4, 0.5) is 0 Å². The summed E-state index contributed by atoms with van der Waals surface area (Å²) in [4.78, 5) is 14.8. The number of benzene rings is 1. The summed E-state index contributed by atoms with van der Waals surface area (Å²) < 4.78 is 3.95. The van der Waals surface area contributed by atoms with Crippen molar-refractivity contribution in [1.82, 2.24) is 24.5 Å². The monoisotopic (exact) mass is 379 g/mol. The maximum atomic E-state index is 13.0. The van der Waals surface area contributed by atoms with Crippen LogP contribution in [0, 0.1) is 27.7 Å². The van der Waals surface area contributed by atoms with Gasteiger partial charge in [-0.25, -0.2) is 0 Å². The predicted molar refractivity (Wildman–Crippen MR) is 110 cm³/mol. The van der Waals surface area contributed by atoms with Crippen molar-refractivity contribution in [2.45, 2.75) is 54.3 Å². The largest absolute Gasteiger partial charge is 0.337 e. The highest BCUT2D eigenvalue weighted by atomic mass is 16.2. The van der Waals surface area contributed by atoms with E-state index < -0.39 is 0 Å². The van der Waals surface area contributed by atoms with Crippen molar-refractivity contribution in [2.75, 3.05) is 7.05 Å². The number of rotatable bonds is 6.